The molecule has 2 atom stereocenters. The maximum Gasteiger partial charge on any atom is 0.226 e. The molecular formula is C22H21BrN4OS2. The van der Waals surface area contributed by atoms with E-state index in [4.69, 9.17) is 12.2 Å². The summed E-state index contributed by atoms with van der Waals surface area (Å²) in [6, 6.07) is 15.7. The second-order valence-electron chi connectivity index (χ2n) is 7.10. The summed E-state index contributed by atoms with van der Waals surface area (Å²) >= 11 is 10.9. The number of benzene rings is 1. The number of thiophene rings is 1. The number of anilines is 1. The van der Waals surface area contributed by atoms with E-state index in [1.54, 1.807) is 17.5 Å². The Morgan fingerprint density at radius 3 is 2.80 bits per heavy atom. The molecule has 2 N–H and O–H groups in total. The van der Waals surface area contributed by atoms with Crippen molar-refractivity contribution in [2.45, 2.75) is 25.4 Å². The van der Waals surface area contributed by atoms with Gasteiger partial charge in [-0.15, -0.1) is 11.3 Å². The summed E-state index contributed by atoms with van der Waals surface area (Å²) in [5.74, 6) is -0.0282. The van der Waals surface area contributed by atoms with Crippen molar-refractivity contribution < 1.29 is 4.79 Å². The summed E-state index contributed by atoms with van der Waals surface area (Å²) in [6.07, 6.45) is 2.13. The molecule has 154 valence electrons. The van der Waals surface area contributed by atoms with Crippen LogP contribution in [0.1, 0.15) is 34.6 Å². The van der Waals surface area contributed by atoms with Crippen LogP contribution in [0.4, 0.5) is 5.69 Å². The molecular weight excluding hydrogens is 480 g/mol. The van der Waals surface area contributed by atoms with Crippen LogP contribution in [-0.4, -0.2) is 27.4 Å². The van der Waals surface area contributed by atoms with Gasteiger partial charge in [0.15, 0.2) is 5.11 Å². The Balaban J connectivity index is 1.52. The van der Waals surface area contributed by atoms with Crippen molar-refractivity contribution in [2.24, 2.45) is 0 Å². The number of halogens is 1. The number of rotatable bonds is 6. The zero-order valence-corrected chi connectivity index (χ0v) is 19.6. The number of carbonyl (C=O) groups is 1. The van der Waals surface area contributed by atoms with Crippen molar-refractivity contribution in [1.29, 1.82) is 0 Å². The third-order valence-electron chi connectivity index (χ3n) is 5.08. The summed E-state index contributed by atoms with van der Waals surface area (Å²) in [5, 5.41) is 9.13. The fraction of sp³-hybridized carbons (Fsp3) is 0.227. The minimum absolute atomic E-state index is 0.0186. The lowest BCUT2D eigenvalue weighted by molar-refractivity contribution is -0.116. The molecule has 0 aliphatic carbocycles. The van der Waals surface area contributed by atoms with Gasteiger partial charge >= 0.3 is 0 Å². The summed E-state index contributed by atoms with van der Waals surface area (Å²) in [7, 11) is 0. The van der Waals surface area contributed by atoms with Crippen LogP contribution in [0.2, 0.25) is 0 Å². The number of hydrogen-bond donors (Lipinski definition) is 2. The van der Waals surface area contributed by atoms with E-state index in [1.807, 2.05) is 49.4 Å². The van der Waals surface area contributed by atoms with Crippen LogP contribution in [0.15, 0.2) is 64.6 Å². The average molecular weight is 501 g/mol. The van der Waals surface area contributed by atoms with Gasteiger partial charge in [-0.3, -0.25) is 9.78 Å². The second-order valence-corrected chi connectivity index (χ2v) is 9.35. The summed E-state index contributed by atoms with van der Waals surface area (Å²) in [6.45, 7) is 2.50. The number of aryl methyl sites for hydroxylation is 1. The smallest absolute Gasteiger partial charge is 0.226 e. The lowest BCUT2D eigenvalue weighted by Crippen LogP contribution is -2.32. The number of para-hydroxylation sites is 1. The largest absolute Gasteiger partial charge is 0.352 e. The molecule has 0 bridgehead atoms. The average Bonchev–Trinajstić information content (AvgIpc) is 3.31. The Labute approximate surface area is 193 Å². The Hall–Kier alpha value is -2.29. The molecule has 5 nitrogen and oxygen atoms in total. The molecule has 1 fully saturated rings. The number of nitrogens with one attached hydrogen (secondary N) is 2. The topological polar surface area (TPSA) is 57.3 Å². The van der Waals surface area contributed by atoms with Crippen LogP contribution in [0.5, 0.6) is 0 Å². The van der Waals surface area contributed by atoms with Crippen molar-refractivity contribution in [2.75, 3.05) is 11.9 Å². The lowest BCUT2D eigenvalue weighted by atomic mass is 10.0. The Morgan fingerprint density at radius 1 is 1.30 bits per heavy atom. The van der Waals surface area contributed by atoms with Crippen LogP contribution in [0.25, 0.3) is 0 Å². The van der Waals surface area contributed by atoms with Crippen molar-refractivity contribution >= 4 is 56.2 Å². The van der Waals surface area contributed by atoms with E-state index < -0.39 is 0 Å². The molecule has 1 saturated heterocycles. The minimum atomic E-state index is -0.0660. The SMILES string of the molecule is Cc1ccccc1NC(=O)CCN1C(=S)N[C@@H](c2ccccn2)[C@@H]1c1cc(Br)cs1. The Kier molecular flexibility index (Phi) is 6.46. The summed E-state index contributed by atoms with van der Waals surface area (Å²) < 4.78 is 1.04. The summed E-state index contributed by atoms with van der Waals surface area (Å²) in [4.78, 5) is 20.4. The van der Waals surface area contributed by atoms with Crippen molar-refractivity contribution in [3.63, 3.8) is 0 Å². The lowest BCUT2D eigenvalue weighted by Gasteiger charge is -2.26. The molecule has 0 saturated carbocycles. The van der Waals surface area contributed by atoms with Crippen LogP contribution in [0.3, 0.4) is 0 Å². The molecule has 1 amide bonds. The van der Waals surface area contributed by atoms with E-state index in [-0.39, 0.29) is 18.0 Å². The highest BCUT2D eigenvalue weighted by Crippen LogP contribution is 2.41. The molecule has 3 aromatic rings. The van der Waals surface area contributed by atoms with Gasteiger partial charge in [0.2, 0.25) is 5.91 Å². The number of aromatic nitrogens is 1. The van der Waals surface area contributed by atoms with E-state index in [2.05, 4.69) is 47.9 Å². The van der Waals surface area contributed by atoms with E-state index in [0.29, 0.717) is 18.1 Å². The second kappa shape index (κ2) is 9.24. The molecule has 4 rings (SSSR count). The molecule has 1 aliphatic heterocycles. The van der Waals surface area contributed by atoms with Gasteiger partial charge < -0.3 is 15.5 Å². The van der Waals surface area contributed by atoms with Crippen LogP contribution in [0, 0.1) is 6.92 Å². The highest BCUT2D eigenvalue weighted by atomic mass is 79.9. The number of thiocarbonyl (C=S) groups is 1. The number of carbonyl (C=O) groups excluding carboxylic acids is 1. The first-order valence-electron chi connectivity index (χ1n) is 9.60. The van der Waals surface area contributed by atoms with Gasteiger partial charge in [0, 0.05) is 39.6 Å². The first-order valence-corrected chi connectivity index (χ1v) is 11.7. The fourth-order valence-corrected chi connectivity index (χ4v) is 5.51. The zero-order valence-electron chi connectivity index (χ0n) is 16.3. The molecule has 0 unspecified atom stereocenters. The highest BCUT2D eigenvalue weighted by Gasteiger charge is 2.40. The van der Waals surface area contributed by atoms with Crippen LogP contribution >= 0.6 is 39.5 Å². The van der Waals surface area contributed by atoms with Crippen molar-refractivity contribution in [3.8, 4) is 0 Å². The van der Waals surface area contributed by atoms with Crippen molar-refractivity contribution in [1.82, 2.24) is 15.2 Å². The highest BCUT2D eigenvalue weighted by molar-refractivity contribution is 9.10. The third-order valence-corrected chi connectivity index (χ3v) is 7.19. The normalized spacial score (nSPS) is 18.3. The first-order chi connectivity index (χ1) is 14.5. The van der Waals surface area contributed by atoms with Gasteiger partial charge in [-0.05, 0) is 64.9 Å². The quantitative estimate of drug-likeness (QED) is 0.454. The maximum atomic E-state index is 12.6. The molecule has 30 heavy (non-hydrogen) atoms. The van der Waals surface area contributed by atoms with Gasteiger partial charge in [-0.1, -0.05) is 24.3 Å². The standard InChI is InChI=1S/C22H21BrN4OS2/c1-14-6-2-3-7-16(14)25-19(28)9-11-27-21(18-12-15(23)13-30-18)20(26-22(27)29)17-8-4-5-10-24-17/h2-8,10,12-13,20-21H,9,11H2,1H3,(H,25,28)(H,26,29)/t20-,21-/m0/s1. The zero-order chi connectivity index (χ0) is 21.1. The molecule has 1 aliphatic rings. The molecule has 3 heterocycles. The maximum absolute atomic E-state index is 12.6. The first kappa shape index (κ1) is 21.0. The van der Waals surface area contributed by atoms with E-state index >= 15 is 0 Å². The van der Waals surface area contributed by atoms with Crippen molar-refractivity contribution in [3.05, 3.63) is 80.7 Å². The van der Waals surface area contributed by atoms with E-state index in [9.17, 15) is 4.79 Å². The van der Waals surface area contributed by atoms with Gasteiger partial charge in [-0.2, -0.15) is 0 Å². The van der Waals surface area contributed by atoms with E-state index in [1.165, 1.54) is 4.88 Å². The molecule has 8 heteroatoms. The molecule has 2 aromatic heterocycles. The molecule has 1 aromatic carbocycles. The predicted molar refractivity (Wildman–Crippen MR) is 129 cm³/mol. The monoisotopic (exact) mass is 500 g/mol. The fourth-order valence-electron chi connectivity index (χ4n) is 3.59. The molecule has 0 spiro atoms. The van der Waals surface area contributed by atoms with Gasteiger partial charge in [0.05, 0.1) is 17.8 Å². The Morgan fingerprint density at radius 2 is 2.10 bits per heavy atom. The predicted octanol–water partition coefficient (Wildman–Crippen LogP) is 5.22. The minimum Gasteiger partial charge on any atom is -0.352 e. The number of hydrogen-bond acceptors (Lipinski definition) is 4. The van der Waals surface area contributed by atoms with Crippen LogP contribution < -0.4 is 10.6 Å². The Bertz CT molecular complexity index is 1060. The van der Waals surface area contributed by atoms with Gasteiger partial charge in [-0.25, -0.2) is 0 Å². The van der Waals surface area contributed by atoms with Gasteiger partial charge in [0.1, 0.15) is 0 Å². The van der Waals surface area contributed by atoms with Gasteiger partial charge in [0.25, 0.3) is 0 Å². The van der Waals surface area contributed by atoms with Crippen LogP contribution in [-0.2, 0) is 4.79 Å². The number of pyridine rings is 1. The number of amides is 1. The third kappa shape index (κ3) is 4.55. The van der Waals surface area contributed by atoms with E-state index in [0.717, 1.165) is 21.4 Å². The number of nitrogens with zero attached hydrogens (tertiary/aromatic N) is 2. The summed E-state index contributed by atoms with van der Waals surface area (Å²) in [5.41, 5.74) is 2.82. The molecule has 0 radical (unpaired) electrons.